The Kier molecular flexibility index (Phi) is 7.88. The van der Waals surface area contributed by atoms with Crippen LogP contribution in [0.1, 0.15) is 10.4 Å². The number of rotatable bonds is 6. The molecular formula is C17H14Br2F3N3O4. The molecule has 0 saturated carbocycles. The van der Waals surface area contributed by atoms with Crippen molar-refractivity contribution in [1.82, 2.24) is 5.32 Å². The lowest BCUT2D eigenvalue weighted by Gasteiger charge is -2.15. The summed E-state index contributed by atoms with van der Waals surface area (Å²) >= 11 is 6.53. The molecule has 0 aromatic heterocycles. The molecule has 4 N–H and O–H groups in total. The summed E-state index contributed by atoms with van der Waals surface area (Å²) < 4.78 is 42.6. The molecule has 0 heterocycles. The molecule has 7 nitrogen and oxygen atoms in total. The van der Waals surface area contributed by atoms with E-state index in [1.165, 1.54) is 0 Å². The van der Waals surface area contributed by atoms with Gasteiger partial charge in [-0.2, -0.15) is 0 Å². The zero-order chi connectivity index (χ0) is 21.6. The number of nitrogens with one attached hydrogen (secondary N) is 3. The molecule has 156 valence electrons. The van der Waals surface area contributed by atoms with Crippen molar-refractivity contribution in [2.45, 2.75) is 6.36 Å². The van der Waals surface area contributed by atoms with Crippen molar-refractivity contribution in [2.24, 2.45) is 0 Å². The second-order valence-electron chi connectivity index (χ2n) is 5.47. The summed E-state index contributed by atoms with van der Waals surface area (Å²) in [5.74, 6) is -1.31. The van der Waals surface area contributed by atoms with Crippen LogP contribution < -0.4 is 20.7 Å². The molecular weight excluding hydrogens is 527 g/mol. The van der Waals surface area contributed by atoms with E-state index in [0.717, 1.165) is 18.2 Å². The number of benzene rings is 2. The van der Waals surface area contributed by atoms with E-state index in [4.69, 9.17) is 5.11 Å². The average molecular weight is 541 g/mol. The van der Waals surface area contributed by atoms with Crippen molar-refractivity contribution >= 4 is 55.2 Å². The summed E-state index contributed by atoms with van der Waals surface area (Å²) in [4.78, 5) is 24.5. The number of aliphatic hydroxyl groups is 1. The van der Waals surface area contributed by atoms with Crippen molar-refractivity contribution in [1.29, 1.82) is 0 Å². The molecule has 0 aliphatic carbocycles. The zero-order valence-electron chi connectivity index (χ0n) is 14.4. The van der Waals surface area contributed by atoms with Gasteiger partial charge in [0.2, 0.25) is 0 Å². The van der Waals surface area contributed by atoms with Gasteiger partial charge in [-0.1, -0.05) is 31.9 Å². The predicted molar refractivity (Wildman–Crippen MR) is 107 cm³/mol. The number of aliphatic hydroxyl groups excluding tert-OH is 1. The third kappa shape index (κ3) is 7.55. The van der Waals surface area contributed by atoms with Gasteiger partial charge >= 0.3 is 12.4 Å². The Labute approximate surface area is 179 Å². The second kappa shape index (κ2) is 9.94. The van der Waals surface area contributed by atoms with Gasteiger partial charge in [-0.15, -0.1) is 13.2 Å². The number of carbonyl (C=O) groups is 2. The molecule has 0 fully saturated rings. The van der Waals surface area contributed by atoms with Crippen LogP contribution in [0.15, 0.2) is 45.3 Å². The van der Waals surface area contributed by atoms with E-state index in [0.29, 0.717) is 14.6 Å². The molecule has 0 aliphatic rings. The molecule has 0 unspecified atom stereocenters. The van der Waals surface area contributed by atoms with Gasteiger partial charge in [0, 0.05) is 27.2 Å². The monoisotopic (exact) mass is 539 g/mol. The van der Waals surface area contributed by atoms with E-state index in [1.54, 1.807) is 18.2 Å². The largest absolute Gasteiger partial charge is 0.573 e. The molecule has 0 atom stereocenters. The summed E-state index contributed by atoms with van der Waals surface area (Å²) in [6.45, 7) is -0.403. The van der Waals surface area contributed by atoms with Crippen LogP contribution in [0.3, 0.4) is 0 Å². The number of urea groups is 1. The minimum Gasteiger partial charge on any atom is -0.406 e. The summed E-state index contributed by atoms with van der Waals surface area (Å²) in [6.07, 6.45) is -4.94. The molecule has 3 amide bonds. The van der Waals surface area contributed by atoms with E-state index in [2.05, 4.69) is 52.5 Å². The molecule has 0 spiro atoms. The maximum absolute atomic E-state index is 12.5. The quantitative estimate of drug-likeness (QED) is 0.434. The Morgan fingerprint density at radius 1 is 1.03 bits per heavy atom. The molecule has 0 saturated heterocycles. The highest BCUT2D eigenvalue weighted by Gasteiger charge is 2.31. The maximum atomic E-state index is 12.5. The third-order valence-corrected chi connectivity index (χ3v) is 4.15. The number of alkyl halides is 3. The van der Waals surface area contributed by atoms with E-state index in [1.807, 2.05) is 0 Å². The summed E-state index contributed by atoms with van der Waals surface area (Å²) in [6, 6.07) is 7.03. The lowest BCUT2D eigenvalue weighted by atomic mass is 10.1. The fraction of sp³-hybridized carbons (Fsp3) is 0.176. The summed E-state index contributed by atoms with van der Waals surface area (Å²) in [5, 5.41) is 16.0. The average Bonchev–Trinajstić information content (AvgIpc) is 2.57. The minimum absolute atomic E-state index is 0.0721. The third-order valence-electron chi connectivity index (χ3n) is 3.24. The van der Waals surface area contributed by atoms with Gasteiger partial charge < -0.3 is 25.8 Å². The van der Waals surface area contributed by atoms with Crippen LogP contribution in [0, 0.1) is 0 Å². The fourth-order valence-electron chi connectivity index (χ4n) is 2.20. The van der Waals surface area contributed by atoms with E-state index in [9.17, 15) is 22.8 Å². The van der Waals surface area contributed by atoms with Crippen LogP contribution in [0.4, 0.5) is 29.3 Å². The van der Waals surface area contributed by atoms with Crippen molar-refractivity contribution in [3.05, 3.63) is 50.9 Å². The van der Waals surface area contributed by atoms with Gasteiger partial charge in [0.05, 0.1) is 17.9 Å². The Morgan fingerprint density at radius 3 is 2.28 bits per heavy atom. The molecule has 0 aliphatic heterocycles. The van der Waals surface area contributed by atoms with Gasteiger partial charge in [-0.25, -0.2) is 4.79 Å². The number of amides is 3. The van der Waals surface area contributed by atoms with Crippen molar-refractivity contribution in [3.63, 3.8) is 0 Å². The normalized spacial score (nSPS) is 11.0. The number of ether oxygens (including phenoxy) is 1. The first kappa shape index (κ1) is 23.0. The lowest BCUT2D eigenvalue weighted by Crippen LogP contribution is -2.28. The van der Waals surface area contributed by atoms with E-state index < -0.39 is 24.1 Å². The summed E-state index contributed by atoms with van der Waals surface area (Å²) in [5.41, 5.74) is 0.0602. The number of anilines is 2. The van der Waals surface area contributed by atoms with E-state index in [-0.39, 0.29) is 24.4 Å². The molecule has 2 aromatic carbocycles. The molecule has 2 rings (SSSR count). The highest BCUT2D eigenvalue weighted by molar-refractivity contribution is 9.11. The first-order valence-corrected chi connectivity index (χ1v) is 9.49. The van der Waals surface area contributed by atoms with Gasteiger partial charge in [0.25, 0.3) is 5.91 Å². The highest BCUT2D eigenvalue weighted by Crippen LogP contribution is 2.28. The SMILES string of the molecule is O=C(Nc1cc(Br)cc(Br)c1)Nc1cc(OC(F)(F)F)ccc1C(=O)NCCO. The Morgan fingerprint density at radius 2 is 1.69 bits per heavy atom. The standard InChI is InChI=1S/C17H14Br2F3N3O4/c18-9-5-10(19)7-11(6-9)24-16(28)25-14-8-12(29-17(20,21)22)1-2-13(14)15(27)23-3-4-26/h1-2,5-8,26H,3-4H2,(H,23,27)(H2,24,25,28). The number of halogens is 5. The Bertz CT molecular complexity index is 890. The van der Waals surface area contributed by atoms with Gasteiger partial charge in [-0.3, -0.25) is 4.79 Å². The molecule has 29 heavy (non-hydrogen) atoms. The number of hydrogen-bond acceptors (Lipinski definition) is 4. The molecule has 12 heteroatoms. The maximum Gasteiger partial charge on any atom is 0.573 e. The Balaban J connectivity index is 2.27. The highest BCUT2D eigenvalue weighted by atomic mass is 79.9. The summed E-state index contributed by atoms with van der Waals surface area (Å²) in [7, 11) is 0. The van der Waals surface area contributed by atoms with Gasteiger partial charge in [0.1, 0.15) is 5.75 Å². The topological polar surface area (TPSA) is 99.7 Å². The second-order valence-corrected chi connectivity index (χ2v) is 7.30. The van der Waals surface area contributed by atoms with Crippen LogP contribution in [-0.2, 0) is 0 Å². The van der Waals surface area contributed by atoms with Crippen molar-refractivity contribution in [2.75, 3.05) is 23.8 Å². The van der Waals surface area contributed by atoms with Gasteiger partial charge in [0.15, 0.2) is 0 Å². The van der Waals surface area contributed by atoms with Crippen LogP contribution >= 0.6 is 31.9 Å². The van der Waals surface area contributed by atoms with Crippen LogP contribution in [0.2, 0.25) is 0 Å². The Hall–Kier alpha value is -2.31. The minimum atomic E-state index is -4.94. The number of hydrogen-bond donors (Lipinski definition) is 4. The molecule has 0 radical (unpaired) electrons. The van der Waals surface area contributed by atoms with E-state index >= 15 is 0 Å². The van der Waals surface area contributed by atoms with Crippen LogP contribution in [0.5, 0.6) is 5.75 Å². The van der Waals surface area contributed by atoms with Gasteiger partial charge in [-0.05, 0) is 30.3 Å². The first-order valence-electron chi connectivity index (χ1n) is 7.90. The molecule has 0 bridgehead atoms. The smallest absolute Gasteiger partial charge is 0.406 e. The number of carbonyl (C=O) groups excluding carboxylic acids is 2. The predicted octanol–water partition coefficient (Wildman–Crippen LogP) is 4.48. The lowest BCUT2D eigenvalue weighted by molar-refractivity contribution is -0.274. The molecule has 2 aromatic rings. The first-order chi connectivity index (χ1) is 13.6. The fourth-order valence-corrected chi connectivity index (χ4v) is 3.49. The van der Waals surface area contributed by atoms with Crippen LogP contribution in [0.25, 0.3) is 0 Å². The van der Waals surface area contributed by atoms with Crippen LogP contribution in [-0.4, -0.2) is 36.6 Å². The van der Waals surface area contributed by atoms with Crippen molar-refractivity contribution in [3.8, 4) is 5.75 Å². The van der Waals surface area contributed by atoms with Crippen molar-refractivity contribution < 1.29 is 32.6 Å². The zero-order valence-corrected chi connectivity index (χ0v) is 17.6.